The molecule has 2 aromatic rings. The molecule has 0 saturated carbocycles. The fourth-order valence-electron chi connectivity index (χ4n) is 1.61. The van der Waals surface area contributed by atoms with Gasteiger partial charge in [0.25, 0.3) is 0 Å². The normalized spacial score (nSPS) is 10.3. The van der Waals surface area contributed by atoms with E-state index in [1.54, 1.807) is 23.1 Å². The summed E-state index contributed by atoms with van der Waals surface area (Å²) in [6.07, 6.45) is 6.54. The van der Waals surface area contributed by atoms with Crippen molar-refractivity contribution in [1.29, 1.82) is 0 Å². The van der Waals surface area contributed by atoms with Gasteiger partial charge in [-0.2, -0.15) is 5.10 Å². The molecule has 0 aliphatic rings. The summed E-state index contributed by atoms with van der Waals surface area (Å²) >= 11 is 0. The minimum absolute atomic E-state index is 0.0322. The number of hydrogen-bond donors (Lipinski definition) is 1. The third-order valence-electron chi connectivity index (χ3n) is 2.58. The lowest BCUT2D eigenvalue weighted by atomic mass is 10.2. The summed E-state index contributed by atoms with van der Waals surface area (Å²) in [5.41, 5.74) is 2.13. The molecule has 0 fully saturated rings. The quantitative estimate of drug-likeness (QED) is 0.890. The van der Waals surface area contributed by atoms with Crippen LogP contribution in [0.5, 0.6) is 0 Å². The topological polar surface area (TPSA) is 59.8 Å². The zero-order valence-electron chi connectivity index (χ0n) is 10.6. The van der Waals surface area contributed by atoms with Crippen LogP contribution < -0.4 is 5.32 Å². The average molecular weight is 244 g/mol. The molecule has 2 rings (SSSR count). The summed E-state index contributed by atoms with van der Waals surface area (Å²) in [5.74, 6) is 0.562. The van der Waals surface area contributed by atoms with Gasteiger partial charge < -0.3 is 5.32 Å². The van der Waals surface area contributed by atoms with Gasteiger partial charge in [-0.25, -0.2) is 4.98 Å². The Balaban J connectivity index is 1.83. The predicted octanol–water partition coefficient (Wildman–Crippen LogP) is 1.69. The minimum Gasteiger partial charge on any atom is -0.311 e. The van der Waals surface area contributed by atoms with Crippen molar-refractivity contribution in [1.82, 2.24) is 14.8 Å². The summed E-state index contributed by atoms with van der Waals surface area (Å²) in [4.78, 5) is 15.8. The molecule has 2 aromatic heterocycles. The van der Waals surface area contributed by atoms with Crippen LogP contribution in [0.15, 0.2) is 30.7 Å². The SMILES string of the molecule is Cc1ccc(NC(=O)CCc2cnn(C)c2)nc1. The van der Waals surface area contributed by atoms with Crippen LogP contribution in [0.4, 0.5) is 5.82 Å². The fraction of sp³-hybridized carbons (Fsp3) is 0.308. The van der Waals surface area contributed by atoms with Crippen LogP contribution in [0.3, 0.4) is 0 Å². The van der Waals surface area contributed by atoms with Gasteiger partial charge in [0.05, 0.1) is 6.20 Å². The summed E-state index contributed by atoms with van der Waals surface area (Å²) in [6, 6.07) is 3.72. The number of carbonyl (C=O) groups is 1. The van der Waals surface area contributed by atoms with E-state index in [1.165, 1.54) is 0 Å². The summed E-state index contributed by atoms with van der Waals surface area (Å²) in [7, 11) is 1.86. The highest BCUT2D eigenvalue weighted by molar-refractivity contribution is 5.89. The third-order valence-corrected chi connectivity index (χ3v) is 2.58. The summed E-state index contributed by atoms with van der Waals surface area (Å²) < 4.78 is 1.73. The van der Waals surface area contributed by atoms with Gasteiger partial charge in [-0.05, 0) is 30.5 Å². The first kappa shape index (κ1) is 12.3. The second-order valence-corrected chi connectivity index (χ2v) is 4.29. The van der Waals surface area contributed by atoms with Crippen molar-refractivity contribution in [2.75, 3.05) is 5.32 Å². The number of nitrogens with one attached hydrogen (secondary N) is 1. The Hall–Kier alpha value is -2.17. The van der Waals surface area contributed by atoms with Crippen LogP contribution in [-0.2, 0) is 18.3 Å². The molecule has 5 nitrogen and oxygen atoms in total. The molecule has 0 spiro atoms. The first-order valence-electron chi connectivity index (χ1n) is 5.83. The highest BCUT2D eigenvalue weighted by atomic mass is 16.1. The van der Waals surface area contributed by atoms with Gasteiger partial charge in [-0.3, -0.25) is 9.48 Å². The van der Waals surface area contributed by atoms with E-state index < -0.39 is 0 Å². The molecule has 0 unspecified atom stereocenters. The Bertz CT molecular complexity index is 530. The number of rotatable bonds is 4. The van der Waals surface area contributed by atoms with Crippen molar-refractivity contribution in [2.24, 2.45) is 7.05 Å². The lowest BCUT2D eigenvalue weighted by Crippen LogP contribution is -2.13. The largest absolute Gasteiger partial charge is 0.311 e. The Kier molecular flexibility index (Phi) is 3.72. The van der Waals surface area contributed by atoms with Crippen LogP contribution in [0, 0.1) is 6.92 Å². The smallest absolute Gasteiger partial charge is 0.225 e. The van der Waals surface area contributed by atoms with Crippen molar-refractivity contribution < 1.29 is 4.79 Å². The minimum atomic E-state index is -0.0322. The lowest BCUT2D eigenvalue weighted by molar-refractivity contribution is -0.116. The molecule has 0 aliphatic heterocycles. The number of amides is 1. The number of aryl methyl sites for hydroxylation is 3. The highest BCUT2D eigenvalue weighted by Gasteiger charge is 2.04. The van der Waals surface area contributed by atoms with E-state index in [2.05, 4.69) is 15.4 Å². The third kappa shape index (κ3) is 3.41. The summed E-state index contributed by atoms with van der Waals surface area (Å²) in [6.45, 7) is 1.96. The molecule has 94 valence electrons. The average Bonchev–Trinajstić information content (AvgIpc) is 2.76. The lowest BCUT2D eigenvalue weighted by Gasteiger charge is -2.03. The highest BCUT2D eigenvalue weighted by Crippen LogP contribution is 2.06. The van der Waals surface area contributed by atoms with E-state index >= 15 is 0 Å². The number of aromatic nitrogens is 3. The van der Waals surface area contributed by atoms with E-state index in [-0.39, 0.29) is 5.91 Å². The van der Waals surface area contributed by atoms with Crippen molar-refractivity contribution >= 4 is 11.7 Å². The molecule has 0 aromatic carbocycles. The first-order chi connectivity index (χ1) is 8.63. The van der Waals surface area contributed by atoms with Crippen molar-refractivity contribution in [3.05, 3.63) is 41.9 Å². The monoisotopic (exact) mass is 244 g/mol. The molecule has 0 radical (unpaired) electrons. The maximum absolute atomic E-state index is 11.7. The molecule has 1 amide bonds. The number of hydrogen-bond acceptors (Lipinski definition) is 3. The molecule has 0 saturated heterocycles. The molecule has 5 heteroatoms. The van der Waals surface area contributed by atoms with Gasteiger partial charge in [0.1, 0.15) is 5.82 Å². The number of pyridine rings is 1. The first-order valence-corrected chi connectivity index (χ1v) is 5.83. The Morgan fingerprint density at radius 2 is 2.22 bits per heavy atom. The van der Waals surface area contributed by atoms with Crippen molar-refractivity contribution in [3.63, 3.8) is 0 Å². The molecular weight excluding hydrogens is 228 g/mol. The number of carbonyl (C=O) groups excluding carboxylic acids is 1. The van der Waals surface area contributed by atoms with E-state index in [0.29, 0.717) is 18.7 Å². The molecule has 0 atom stereocenters. The Morgan fingerprint density at radius 3 is 2.83 bits per heavy atom. The van der Waals surface area contributed by atoms with Crippen LogP contribution in [-0.4, -0.2) is 20.7 Å². The number of anilines is 1. The standard InChI is InChI=1S/C13H16N4O/c1-10-3-5-12(14-7-10)16-13(18)6-4-11-8-15-17(2)9-11/h3,5,7-9H,4,6H2,1-2H3,(H,14,16,18). The molecule has 2 heterocycles. The second kappa shape index (κ2) is 5.44. The Morgan fingerprint density at radius 1 is 1.39 bits per heavy atom. The molecule has 18 heavy (non-hydrogen) atoms. The Labute approximate surface area is 106 Å². The van der Waals surface area contributed by atoms with Crippen LogP contribution in [0.2, 0.25) is 0 Å². The zero-order valence-corrected chi connectivity index (χ0v) is 10.6. The maximum Gasteiger partial charge on any atom is 0.225 e. The second-order valence-electron chi connectivity index (χ2n) is 4.29. The van der Waals surface area contributed by atoms with Gasteiger partial charge in [-0.15, -0.1) is 0 Å². The van der Waals surface area contributed by atoms with E-state index in [9.17, 15) is 4.79 Å². The van der Waals surface area contributed by atoms with E-state index in [0.717, 1.165) is 11.1 Å². The van der Waals surface area contributed by atoms with Gasteiger partial charge in [0.2, 0.25) is 5.91 Å². The predicted molar refractivity (Wildman–Crippen MR) is 69.1 cm³/mol. The molecule has 0 aliphatic carbocycles. The van der Waals surface area contributed by atoms with E-state index in [1.807, 2.05) is 26.2 Å². The maximum atomic E-state index is 11.7. The van der Waals surface area contributed by atoms with Crippen molar-refractivity contribution in [2.45, 2.75) is 19.8 Å². The molecule has 0 bridgehead atoms. The summed E-state index contributed by atoms with van der Waals surface area (Å²) in [5, 5.41) is 6.83. The fourth-order valence-corrected chi connectivity index (χ4v) is 1.61. The van der Waals surface area contributed by atoms with Gasteiger partial charge in [-0.1, -0.05) is 6.07 Å². The van der Waals surface area contributed by atoms with Crippen LogP contribution in [0.1, 0.15) is 17.5 Å². The van der Waals surface area contributed by atoms with Gasteiger partial charge >= 0.3 is 0 Å². The molecule has 1 N–H and O–H groups in total. The molecular formula is C13H16N4O. The zero-order chi connectivity index (χ0) is 13.0. The van der Waals surface area contributed by atoms with Crippen LogP contribution >= 0.6 is 0 Å². The number of nitrogens with zero attached hydrogens (tertiary/aromatic N) is 3. The van der Waals surface area contributed by atoms with E-state index in [4.69, 9.17) is 0 Å². The van der Waals surface area contributed by atoms with Gasteiger partial charge in [0.15, 0.2) is 0 Å². The van der Waals surface area contributed by atoms with Gasteiger partial charge in [0, 0.05) is 25.9 Å². The van der Waals surface area contributed by atoms with Crippen LogP contribution in [0.25, 0.3) is 0 Å². The van der Waals surface area contributed by atoms with Crippen molar-refractivity contribution in [3.8, 4) is 0 Å².